The molecule has 2 heterocycles. The zero-order valence-electron chi connectivity index (χ0n) is 18.1. The number of rotatable bonds is 6. The number of amides is 1. The summed E-state index contributed by atoms with van der Waals surface area (Å²) in [5.74, 6) is 2.51. The Morgan fingerprint density at radius 3 is 2.42 bits per heavy atom. The summed E-state index contributed by atoms with van der Waals surface area (Å²) >= 11 is 1.66. The van der Waals surface area contributed by atoms with Gasteiger partial charge in [-0.25, -0.2) is 0 Å². The van der Waals surface area contributed by atoms with Crippen LogP contribution in [-0.2, 0) is 5.75 Å². The van der Waals surface area contributed by atoms with Crippen molar-refractivity contribution in [3.05, 3.63) is 71.1 Å². The Bertz CT molecular complexity index is 1020. The third-order valence-corrected chi connectivity index (χ3v) is 6.78. The van der Waals surface area contributed by atoms with E-state index >= 15 is 0 Å². The SMILES string of the molecule is COc1ccc(N2CCN(C(=O)c3ccccc3SCc3c(C)noc3C)CC2)cc1. The number of anilines is 1. The first kappa shape index (κ1) is 21.3. The van der Waals surface area contributed by atoms with Gasteiger partial charge in [-0.05, 0) is 50.2 Å². The molecule has 0 unspecified atom stereocenters. The van der Waals surface area contributed by atoms with Crippen LogP contribution in [0, 0.1) is 13.8 Å². The topological polar surface area (TPSA) is 58.8 Å². The molecule has 1 fully saturated rings. The molecule has 0 bridgehead atoms. The maximum Gasteiger partial charge on any atom is 0.255 e. The fourth-order valence-corrected chi connectivity index (χ4v) is 4.96. The van der Waals surface area contributed by atoms with Crippen molar-refractivity contribution in [2.45, 2.75) is 24.5 Å². The normalized spacial score (nSPS) is 14.0. The van der Waals surface area contributed by atoms with Crippen LogP contribution in [-0.4, -0.2) is 49.3 Å². The second-order valence-electron chi connectivity index (χ2n) is 7.56. The van der Waals surface area contributed by atoms with E-state index in [0.717, 1.165) is 57.8 Å². The summed E-state index contributed by atoms with van der Waals surface area (Å²) in [6.45, 7) is 6.90. The van der Waals surface area contributed by atoms with E-state index in [-0.39, 0.29) is 5.91 Å². The van der Waals surface area contributed by atoms with E-state index in [1.807, 2.05) is 55.1 Å². The summed E-state index contributed by atoms with van der Waals surface area (Å²) < 4.78 is 10.5. The van der Waals surface area contributed by atoms with Crippen molar-refractivity contribution in [3.8, 4) is 5.75 Å². The number of thioether (sulfide) groups is 1. The van der Waals surface area contributed by atoms with E-state index < -0.39 is 0 Å². The number of hydrogen-bond donors (Lipinski definition) is 0. The summed E-state index contributed by atoms with van der Waals surface area (Å²) in [7, 11) is 1.67. The number of carbonyl (C=O) groups excluding carboxylic acids is 1. The molecule has 0 spiro atoms. The predicted molar refractivity (Wildman–Crippen MR) is 123 cm³/mol. The average Bonchev–Trinajstić information content (AvgIpc) is 3.14. The van der Waals surface area contributed by atoms with Crippen molar-refractivity contribution >= 4 is 23.4 Å². The van der Waals surface area contributed by atoms with Gasteiger partial charge in [-0.2, -0.15) is 0 Å². The Labute approximate surface area is 187 Å². The van der Waals surface area contributed by atoms with E-state index in [0.29, 0.717) is 13.1 Å². The maximum atomic E-state index is 13.3. The molecule has 0 atom stereocenters. The van der Waals surface area contributed by atoms with Gasteiger partial charge in [-0.3, -0.25) is 4.79 Å². The molecule has 4 rings (SSSR count). The Morgan fingerprint density at radius 1 is 1.06 bits per heavy atom. The molecule has 1 amide bonds. The van der Waals surface area contributed by atoms with Crippen LogP contribution in [0.4, 0.5) is 5.69 Å². The lowest BCUT2D eigenvalue weighted by atomic mass is 10.1. The molecule has 31 heavy (non-hydrogen) atoms. The van der Waals surface area contributed by atoms with Gasteiger partial charge in [-0.1, -0.05) is 17.3 Å². The number of piperazine rings is 1. The molecule has 0 saturated carbocycles. The lowest BCUT2D eigenvalue weighted by molar-refractivity contribution is 0.0743. The zero-order valence-corrected chi connectivity index (χ0v) is 18.9. The van der Waals surface area contributed by atoms with Crippen molar-refractivity contribution in [2.24, 2.45) is 0 Å². The first-order valence-electron chi connectivity index (χ1n) is 10.4. The van der Waals surface area contributed by atoms with Crippen LogP contribution >= 0.6 is 11.8 Å². The van der Waals surface area contributed by atoms with Gasteiger partial charge >= 0.3 is 0 Å². The number of aryl methyl sites for hydroxylation is 2. The Hall–Kier alpha value is -2.93. The van der Waals surface area contributed by atoms with E-state index in [1.54, 1.807) is 18.9 Å². The summed E-state index contributed by atoms with van der Waals surface area (Å²) in [6, 6.07) is 15.9. The van der Waals surface area contributed by atoms with Crippen LogP contribution in [0.1, 0.15) is 27.4 Å². The highest BCUT2D eigenvalue weighted by molar-refractivity contribution is 7.98. The minimum atomic E-state index is 0.0937. The van der Waals surface area contributed by atoms with Gasteiger partial charge in [0.25, 0.3) is 5.91 Å². The molecule has 1 aromatic heterocycles. The van der Waals surface area contributed by atoms with Crippen LogP contribution in [0.5, 0.6) is 5.75 Å². The van der Waals surface area contributed by atoms with Crippen molar-refractivity contribution in [1.29, 1.82) is 0 Å². The number of hydrogen-bond acceptors (Lipinski definition) is 6. The summed E-state index contributed by atoms with van der Waals surface area (Å²) in [5, 5.41) is 4.03. The van der Waals surface area contributed by atoms with Crippen LogP contribution in [0.3, 0.4) is 0 Å². The first-order valence-corrected chi connectivity index (χ1v) is 11.4. The number of nitrogens with zero attached hydrogens (tertiary/aromatic N) is 3. The van der Waals surface area contributed by atoms with Crippen molar-refractivity contribution in [2.75, 3.05) is 38.2 Å². The summed E-state index contributed by atoms with van der Waals surface area (Å²) in [5.41, 5.74) is 3.92. The smallest absolute Gasteiger partial charge is 0.255 e. The minimum absolute atomic E-state index is 0.0937. The molecule has 7 heteroatoms. The van der Waals surface area contributed by atoms with E-state index in [2.05, 4.69) is 22.2 Å². The molecule has 162 valence electrons. The summed E-state index contributed by atoms with van der Waals surface area (Å²) in [4.78, 5) is 18.5. The fourth-order valence-electron chi connectivity index (χ4n) is 3.76. The van der Waals surface area contributed by atoms with Gasteiger partial charge < -0.3 is 19.1 Å². The molecule has 0 radical (unpaired) electrons. The van der Waals surface area contributed by atoms with Gasteiger partial charge in [-0.15, -0.1) is 11.8 Å². The van der Waals surface area contributed by atoms with Crippen LogP contribution < -0.4 is 9.64 Å². The van der Waals surface area contributed by atoms with Gasteiger partial charge in [0.05, 0.1) is 18.4 Å². The molecule has 3 aromatic rings. The third kappa shape index (κ3) is 4.71. The minimum Gasteiger partial charge on any atom is -0.497 e. The molecular formula is C24H27N3O3S. The quantitative estimate of drug-likeness (QED) is 0.527. The van der Waals surface area contributed by atoms with Crippen LogP contribution in [0.15, 0.2) is 57.9 Å². The third-order valence-electron chi connectivity index (χ3n) is 5.68. The fraction of sp³-hybridized carbons (Fsp3) is 0.333. The molecule has 6 nitrogen and oxygen atoms in total. The van der Waals surface area contributed by atoms with Crippen LogP contribution in [0.25, 0.3) is 0 Å². The Balaban J connectivity index is 1.41. The number of benzene rings is 2. The van der Waals surface area contributed by atoms with Crippen LogP contribution in [0.2, 0.25) is 0 Å². The molecule has 2 aromatic carbocycles. The van der Waals surface area contributed by atoms with Gasteiger partial charge in [0, 0.05) is 48.1 Å². The highest BCUT2D eigenvalue weighted by Gasteiger charge is 2.24. The van der Waals surface area contributed by atoms with Crippen molar-refractivity contribution in [1.82, 2.24) is 10.1 Å². The molecular weight excluding hydrogens is 410 g/mol. The Kier molecular flexibility index (Phi) is 6.51. The molecule has 0 aliphatic carbocycles. The monoisotopic (exact) mass is 437 g/mol. The number of ether oxygens (including phenoxy) is 1. The molecule has 1 saturated heterocycles. The average molecular weight is 438 g/mol. The molecule has 0 N–H and O–H groups in total. The highest BCUT2D eigenvalue weighted by Crippen LogP contribution is 2.30. The summed E-state index contributed by atoms with van der Waals surface area (Å²) in [6.07, 6.45) is 0. The standard InChI is InChI=1S/C24H27N3O3S/c1-17-22(18(2)30-25-17)16-31-23-7-5-4-6-21(23)24(28)27-14-12-26(13-15-27)19-8-10-20(29-3)11-9-19/h4-11H,12-16H2,1-3H3. The largest absolute Gasteiger partial charge is 0.497 e. The maximum absolute atomic E-state index is 13.3. The van der Waals surface area contributed by atoms with Gasteiger partial charge in [0.2, 0.25) is 0 Å². The second kappa shape index (κ2) is 9.47. The number of aromatic nitrogens is 1. The van der Waals surface area contributed by atoms with E-state index in [9.17, 15) is 4.79 Å². The van der Waals surface area contributed by atoms with Gasteiger partial charge in [0.1, 0.15) is 11.5 Å². The molecule has 1 aliphatic heterocycles. The lowest BCUT2D eigenvalue weighted by Gasteiger charge is -2.36. The van der Waals surface area contributed by atoms with Gasteiger partial charge in [0.15, 0.2) is 0 Å². The second-order valence-corrected chi connectivity index (χ2v) is 8.58. The molecule has 1 aliphatic rings. The van der Waals surface area contributed by atoms with E-state index in [1.165, 1.54) is 0 Å². The van der Waals surface area contributed by atoms with Crippen molar-refractivity contribution in [3.63, 3.8) is 0 Å². The predicted octanol–water partition coefficient (Wildman–Crippen LogP) is 4.55. The first-order chi connectivity index (χ1) is 15.1. The zero-order chi connectivity index (χ0) is 21.8. The van der Waals surface area contributed by atoms with Crippen molar-refractivity contribution < 1.29 is 14.1 Å². The lowest BCUT2D eigenvalue weighted by Crippen LogP contribution is -2.48. The Morgan fingerprint density at radius 2 is 1.77 bits per heavy atom. The number of carbonyl (C=O) groups is 1. The number of methoxy groups -OCH3 is 1. The highest BCUT2D eigenvalue weighted by atomic mass is 32.2. The van der Waals surface area contributed by atoms with E-state index in [4.69, 9.17) is 9.26 Å².